The molecule has 0 unspecified atom stereocenters. The quantitative estimate of drug-likeness (QED) is 0.492. The topological polar surface area (TPSA) is 27.7 Å². The Morgan fingerprint density at radius 3 is 1.47 bits per heavy atom. The smallest absolute Gasteiger partial charge is 0.263 e. The molecule has 0 rings (SSSR count). The van der Waals surface area contributed by atoms with Gasteiger partial charge in [-0.1, -0.05) is 13.8 Å². The molecule has 0 aromatic carbocycles. The van der Waals surface area contributed by atoms with Gasteiger partial charge in [-0.25, -0.2) is 0 Å². The molecule has 0 saturated heterocycles. The predicted molar refractivity (Wildman–Crippen MR) is 78.1 cm³/mol. The van der Waals surface area contributed by atoms with Crippen LogP contribution in [-0.4, -0.2) is 29.2 Å². The van der Waals surface area contributed by atoms with Crippen molar-refractivity contribution in [2.45, 2.75) is 71.9 Å². The first-order chi connectivity index (χ1) is 7.54. The molecule has 0 atom stereocenters. The van der Waals surface area contributed by atoms with Crippen LogP contribution in [0.1, 0.15) is 26.7 Å². The fourth-order valence-corrected chi connectivity index (χ4v) is 3.96. The molecular formula is C12H30O3Si2. The van der Waals surface area contributed by atoms with Gasteiger partial charge in [0.1, 0.15) is 0 Å². The molecule has 0 aliphatic carbocycles. The molecule has 0 amide bonds. The van der Waals surface area contributed by atoms with Crippen LogP contribution in [0.15, 0.2) is 0 Å². The van der Waals surface area contributed by atoms with Crippen LogP contribution in [-0.2, 0) is 13.6 Å². The van der Waals surface area contributed by atoms with Gasteiger partial charge in [-0.05, 0) is 45.7 Å². The van der Waals surface area contributed by atoms with E-state index in [2.05, 4.69) is 53.1 Å². The van der Waals surface area contributed by atoms with Crippen molar-refractivity contribution in [2.24, 2.45) is 0 Å². The van der Waals surface area contributed by atoms with E-state index < -0.39 is 22.6 Å². The predicted octanol–water partition coefficient (Wildman–Crippen LogP) is 4.18. The van der Waals surface area contributed by atoms with Crippen LogP contribution in [0.2, 0.25) is 39.3 Å². The maximum atomic E-state index is 6.18. The monoisotopic (exact) mass is 278 g/mol. The molecule has 0 heterocycles. The molecule has 5 heteroatoms. The Morgan fingerprint density at radius 2 is 1.24 bits per heavy atom. The molecule has 0 bridgehead atoms. The van der Waals surface area contributed by atoms with Crippen molar-refractivity contribution in [1.29, 1.82) is 0 Å². The average Bonchev–Trinajstić information content (AvgIpc) is 2.09. The second kappa shape index (κ2) is 6.47. The third kappa shape index (κ3) is 8.10. The number of hydrogen-bond donors (Lipinski definition) is 0. The molecular weight excluding hydrogens is 248 g/mol. The highest BCUT2D eigenvalue weighted by molar-refractivity contribution is 6.70. The lowest BCUT2D eigenvalue weighted by molar-refractivity contribution is -0.313. The van der Waals surface area contributed by atoms with Gasteiger partial charge >= 0.3 is 0 Å². The minimum atomic E-state index is -1.69. The SMILES string of the molecule is CCCOC(CC)(O[Si](C)(C)C)O[Si](C)(C)C. The summed E-state index contributed by atoms with van der Waals surface area (Å²) in [7, 11) is -3.38. The van der Waals surface area contributed by atoms with E-state index in [1.165, 1.54) is 0 Å². The highest BCUT2D eigenvalue weighted by Crippen LogP contribution is 2.28. The minimum absolute atomic E-state index is 0.683. The van der Waals surface area contributed by atoms with Crippen LogP contribution in [0.4, 0.5) is 0 Å². The van der Waals surface area contributed by atoms with Crippen LogP contribution < -0.4 is 0 Å². The van der Waals surface area contributed by atoms with Gasteiger partial charge < -0.3 is 13.6 Å². The Hall–Kier alpha value is 0.314. The third-order valence-electron chi connectivity index (χ3n) is 1.88. The molecule has 0 N–H and O–H groups in total. The fourth-order valence-electron chi connectivity index (χ4n) is 1.52. The van der Waals surface area contributed by atoms with Crippen molar-refractivity contribution in [1.82, 2.24) is 0 Å². The minimum Gasteiger partial charge on any atom is -0.370 e. The summed E-state index contributed by atoms with van der Waals surface area (Å²) in [5, 5.41) is 0. The summed E-state index contributed by atoms with van der Waals surface area (Å²) in [5.74, 6) is -0.815. The largest absolute Gasteiger partial charge is 0.370 e. The zero-order valence-electron chi connectivity index (χ0n) is 12.8. The van der Waals surface area contributed by atoms with Crippen LogP contribution in [0.3, 0.4) is 0 Å². The van der Waals surface area contributed by atoms with Gasteiger partial charge in [0.05, 0.1) is 6.61 Å². The van der Waals surface area contributed by atoms with Crippen molar-refractivity contribution in [2.75, 3.05) is 6.61 Å². The molecule has 104 valence electrons. The summed E-state index contributed by atoms with van der Waals surface area (Å²) in [6.45, 7) is 17.9. The lowest BCUT2D eigenvalue weighted by Gasteiger charge is -2.41. The lowest BCUT2D eigenvalue weighted by Crippen LogP contribution is -2.51. The summed E-state index contributed by atoms with van der Waals surface area (Å²) >= 11 is 0. The summed E-state index contributed by atoms with van der Waals surface area (Å²) in [6.07, 6.45) is 1.72. The van der Waals surface area contributed by atoms with E-state index in [9.17, 15) is 0 Å². The molecule has 0 saturated carbocycles. The Kier molecular flexibility index (Phi) is 6.59. The molecule has 0 aromatic heterocycles. The van der Waals surface area contributed by atoms with Gasteiger partial charge in [-0.2, -0.15) is 0 Å². The molecule has 0 fully saturated rings. The first-order valence-electron chi connectivity index (χ1n) is 6.58. The maximum Gasteiger partial charge on any atom is 0.263 e. The van der Waals surface area contributed by atoms with E-state index in [0.29, 0.717) is 6.61 Å². The molecule has 0 spiro atoms. The van der Waals surface area contributed by atoms with Crippen molar-refractivity contribution in [3.63, 3.8) is 0 Å². The van der Waals surface area contributed by atoms with E-state index in [0.717, 1.165) is 12.8 Å². The molecule has 0 aliphatic rings. The highest BCUT2D eigenvalue weighted by Gasteiger charge is 2.40. The summed E-state index contributed by atoms with van der Waals surface area (Å²) in [6, 6.07) is 0. The standard InChI is InChI=1S/C12H30O3Si2/c1-9-11-13-12(10-2,14-16(3,4)5)15-17(6,7)8/h9-11H2,1-8H3. The van der Waals surface area contributed by atoms with Crippen molar-refractivity contribution < 1.29 is 13.6 Å². The average molecular weight is 279 g/mol. The molecule has 17 heavy (non-hydrogen) atoms. The second-order valence-electron chi connectivity index (χ2n) is 6.31. The lowest BCUT2D eigenvalue weighted by atomic mass is 10.4. The highest BCUT2D eigenvalue weighted by atomic mass is 28.4. The van der Waals surface area contributed by atoms with Crippen molar-refractivity contribution in [3.8, 4) is 0 Å². The van der Waals surface area contributed by atoms with Crippen LogP contribution in [0, 0.1) is 0 Å². The normalized spacial score (nSPS) is 14.1. The first-order valence-corrected chi connectivity index (χ1v) is 13.4. The van der Waals surface area contributed by atoms with Crippen molar-refractivity contribution in [3.05, 3.63) is 0 Å². The molecule has 3 nitrogen and oxygen atoms in total. The van der Waals surface area contributed by atoms with Gasteiger partial charge in [0.2, 0.25) is 0 Å². The molecule has 0 aromatic rings. The van der Waals surface area contributed by atoms with Gasteiger partial charge in [-0.15, -0.1) is 0 Å². The van der Waals surface area contributed by atoms with Gasteiger partial charge in [0.25, 0.3) is 5.97 Å². The number of hydrogen-bond acceptors (Lipinski definition) is 3. The van der Waals surface area contributed by atoms with Crippen LogP contribution >= 0.6 is 0 Å². The summed E-state index contributed by atoms with van der Waals surface area (Å²) in [4.78, 5) is 0. The third-order valence-corrected chi connectivity index (χ3v) is 3.73. The van der Waals surface area contributed by atoms with Crippen LogP contribution in [0.5, 0.6) is 0 Å². The summed E-state index contributed by atoms with van der Waals surface area (Å²) in [5.41, 5.74) is 0. The van der Waals surface area contributed by atoms with Crippen molar-refractivity contribution >= 4 is 16.6 Å². The molecule has 0 radical (unpaired) electrons. The van der Waals surface area contributed by atoms with Gasteiger partial charge in [0, 0.05) is 6.42 Å². The van der Waals surface area contributed by atoms with E-state index in [1.54, 1.807) is 0 Å². The zero-order valence-corrected chi connectivity index (χ0v) is 14.8. The first kappa shape index (κ1) is 17.3. The van der Waals surface area contributed by atoms with E-state index in [-0.39, 0.29) is 0 Å². The number of ether oxygens (including phenoxy) is 1. The Balaban J connectivity index is 4.87. The number of rotatable bonds is 8. The summed E-state index contributed by atoms with van der Waals surface area (Å²) < 4.78 is 18.3. The Morgan fingerprint density at radius 1 is 0.824 bits per heavy atom. The Bertz CT molecular complexity index is 203. The van der Waals surface area contributed by atoms with E-state index in [4.69, 9.17) is 13.6 Å². The Labute approximate surface area is 109 Å². The second-order valence-corrected chi connectivity index (χ2v) is 15.2. The van der Waals surface area contributed by atoms with Gasteiger partial charge in [0.15, 0.2) is 16.6 Å². The van der Waals surface area contributed by atoms with Crippen LogP contribution in [0.25, 0.3) is 0 Å². The molecule has 0 aliphatic heterocycles. The maximum absolute atomic E-state index is 6.18. The van der Waals surface area contributed by atoms with E-state index in [1.807, 2.05) is 0 Å². The van der Waals surface area contributed by atoms with Gasteiger partial charge in [-0.3, -0.25) is 0 Å². The zero-order chi connectivity index (χ0) is 13.7. The fraction of sp³-hybridized carbons (Fsp3) is 1.00. The van der Waals surface area contributed by atoms with E-state index >= 15 is 0 Å².